The van der Waals surface area contributed by atoms with Gasteiger partial charge in [-0.25, -0.2) is 4.98 Å². The smallest absolute Gasteiger partial charge is 0.0928 e. The second-order valence-corrected chi connectivity index (χ2v) is 5.98. The van der Waals surface area contributed by atoms with Gasteiger partial charge in [-0.2, -0.15) is 0 Å². The van der Waals surface area contributed by atoms with E-state index in [1.54, 1.807) is 0 Å². The first-order valence-corrected chi connectivity index (χ1v) is 7.48. The van der Waals surface area contributed by atoms with Gasteiger partial charge in [0, 0.05) is 29.9 Å². The molecule has 4 heteroatoms. The highest BCUT2D eigenvalue weighted by molar-refractivity contribution is 7.11. The summed E-state index contributed by atoms with van der Waals surface area (Å²) in [5.74, 6) is 0. The predicted octanol–water partition coefficient (Wildman–Crippen LogP) is 3.60. The number of rotatable bonds is 5. The Bertz CT molecular complexity index is 521. The van der Waals surface area contributed by atoms with Crippen LogP contribution in [0.1, 0.15) is 41.0 Å². The van der Waals surface area contributed by atoms with E-state index < -0.39 is 0 Å². The summed E-state index contributed by atoms with van der Waals surface area (Å²) in [6.07, 6.45) is 4.76. The number of hydrogen-bond acceptors (Lipinski definition) is 4. The second kappa shape index (κ2) is 6.26. The summed E-state index contributed by atoms with van der Waals surface area (Å²) < 4.78 is 0. The maximum Gasteiger partial charge on any atom is 0.0928 e. The molecule has 2 heterocycles. The number of nitrogens with zero attached hydrogens (tertiary/aromatic N) is 3. The van der Waals surface area contributed by atoms with E-state index in [-0.39, 0.29) is 0 Å². The molecule has 1 atom stereocenters. The van der Waals surface area contributed by atoms with Crippen LogP contribution in [0.4, 0.5) is 0 Å². The molecule has 0 N–H and O–H groups in total. The quantitative estimate of drug-likeness (QED) is 0.835. The van der Waals surface area contributed by atoms with Gasteiger partial charge in [0.2, 0.25) is 0 Å². The van der Waals surface area contributed by atoms with Crippen LogP contribution in [0.15, 0.2) is 24.5 Å². The molecule has 0 bridgehead atoms. The molecular weight excluding hydrogens is 254 g/mol. The number of aromatic nitrogens is 2. The average Bonchev–Trinajstić information content (AvgIpc) is 2.80. The first kappa shape index (κ1) is 14.2. The molecule has 0 radical (unpaired) electrons. The van der Waals surface area contributed by atoms with Crippen molar-refractivity contribution in [2.24, 2.45) is 0 Å². The van der Waals surface area contributed by atoms with E-state index in [0.29, 0.717) is 6.04 Å². The fraction of sp³-hybridized carbons (Fsp3) is 0.467. The maximum absolute atomic E-state index is 4.62. The molecule has 0 saturated heterocycles. The van der Waals surface area contributed by atoms with Gasteiger partial charge in [0.1, 0.15) is 0 Å². The van der Waals surface area contributed by atoms with Crippen molar-refractivity contribution in [1.29, 1.82) is 0 Å². The number of aryl methyl sites for hydroxylation is 2. The van der Waals surface area contributed by atoms with E-state index in [1.165, 1.54) is 21.1 Å². The second-order valence-electron chi connectivity index (χ2n) is 4.86. The molecular formula is C15H21N3S. The third-order valence-corrected chi connectivity index (χ3v) is 4.85. The molecule has 0 saturated carbocycles. The number of pyridine rings is 1. The topological polar surface area (TPSA) is 29.0 Å². The summed E-state index contributed by atoms with van der Waals surface area (Å²) in [5.41, 5.74) is 2.42. The Kier molecular flexibility index (Phi) is 4.66. The fourth-order valence-electron chi connectivity index (χ4n) is 2.12. The van der Waals surface area contributed by atoms with Crippen molar-refractivity contribution in [2.45, 2.75) is 39.8 Å². The van der Waals surface area contributed by atoms with Gasteiger partial charge in [0.15, 0.2) is 0 Å². The number of hydrogen-bond donors (Lipinski definition) is 0. The summed E-state index contributed by atoms with van der Waals surface area (Å²) in [7, 11) is 2.16. The van der Waals surface area contributed by atoms with Gasteiger partial charge in [-0.15, -0.1) is 11.3 Å². The Balaban J connectivity index is 2.10. The van der Waals surface area contributed by atoms with Crippen LogP contribution in [0, 0.1) is 6.92 Å². The minimum absolute atomic E-state index is 0.387. The summed E-state index contributed by atoms with van der Waals surface area (Å²) in [6.45, 7) is 7.43. The van der Waals surface area contributed by atoms with Gasteiger partial charge in [0.05, 0.1) is 10.7 Å². The van der Waals surface area contributed by atoms with E-state index in [2.05, 4.69) is 48.8 Å². The Labute approximate surface area is 119 Å². The first-order valence-electron chi connectivity index (χ1n) is 6.67. The molecule has 0 unspecified atom stereocenters. The molecule has 0 aliphatic carbocycles. The fourth-order valence-corrected chi connectivity index (χ4v) is 3.25. The number of thiazole rings is 1. The highest BCUT2D eigenvalue weighted by Gasteiger charge is 2.17. The molecule has 0 spiro atoms. The van der Waals surface area contributed by atoms with Gasteiger partial charge < -0.3 is 0 Å². The summed E-state index contributed by atoms with van der Waals surface area (Å²) in [6, 6.07) is 4.49. The lowest BCUT2D eigenvalue weighted by Gasteiger charge is -2.24. The van der Waals surface area contributed by atoms with E-state index in [1.807, 2.05) is 29.8 Å². The highest BCUT2D eigenvalue weighted by atomic mass is 32.1. The lowest BCUT2D eigenvalue weighted by Crippen LogP contribution is -2.21. The monoisotopic (exact) mass is 275 g/mol. The standard InChI is InChI=1S/C15H21N3S/c1-5-14-17-11(2)15(19-14)12(3)18(4)10-13-7-6-8-16-9-13/h6-9,12H,5,10H2,1-4H3/t12-/m0/s1. The third kappa shape index (κ3) is 3.39. The molecule has 2 rings (SSSR count). The van der Waals surface area contributed by atoms with Crippen molar-refractivity contribution in [2.75, 3.05) is 7.05 Å². The van der Waals surface area contributed by atoms with Crippen LogP contribution in [-0.2, 0) is 13.0 Å². The van der Waals surface area contributed by atoms with Crippen molar-refractivity contribution in [3.8, 4) is 0 Å². The molecule has 2 aromatic heterocycles. The third-order valence-electron chi connectivity index (χ3n) is 3.37. The molecule has 0 aliphatic rings. The Hall–Kier alpha value is -1.26. The van der Waals surface area contributed by atoms with Crippen LogP contribution in [-0.4, -0.2) is 21.9 Å². The van der Waals surface area contributed by atoms with E-state index in [4.69, 9.17) is 0 Å². The zero-order valence-corrected chi connectivity index (χ0v) is 12.9. The highest BCUT2D eigenvalue weighted by Crippen LogP contribution is 2.29. The normalized spacial score (nSPS) is 12.9. The molecule has 0 aliphatic heterocycles. The molecule has 102 valence electrons. The zero-order valence-electron chi connectivity index (χ0n) is 12.1. The van der Waals surface area contributed by atoms with Crippen molar-refractivity contribution < 1.29 is 0 Å². The van der Waals surface area contributed by atoms with Crippen molar-refractivity contribution in [1.82, 2.24) is 14.9 Å². The first-order chi connectivity index (χ1) is 9.11. The summed E-state index contributed by atoms with van der Waals surface area (Å²) >= 11 is 1.84. The Morgan fingerprint density at radius 1 is 1.42 bits per heavy atom. The SMILES string of the molecule is CCc1nc(C)c([C@H](C)N(C)Cc2cccnc2)s1. The predicted molar refractivity (Wildman–Crippen MR) is 80.3 cm³/mol. The zero-order chi connectivity index (χ0) is 13.8. The minimum atomic E-state index is 0.387. The molecule has 0 amide bonds. The van der Waals surface area contributed by atoms with E-state index >= 15 is 0 Å². The minimum Gasteiger partial charge on any atom is -0.294 e. The van der Waals surface area contributed by atoms with E-state index in [9.17, 15) is 0 Å². The maximum atomic E-state index is 4.62. The van der Waals surface area contributed by atoms with Crippen LogP contribution in [0.2, 0.25) is 0 Å². The molecule has 3 nitrogen and oxygen atoms in total. The largest absolute Gasteiger partial charge is 0.294 e. The van der Waals surface area contributed by atoms with Gasteiger partial charge >= 0.3 is 0 Å². The van der Waals surface area contributed by atoms with Gasteiger partial charge in [-0.3, -0.25) is 9.88 Å². The average molecular weight is 275 g/mol. The summed E-state index contributed by atoms with van der Waals surface area (Å²) in [5, 5.41) is 1.23. The van der Waals surface area contributed by atoms with Crippen molar-refractivity contribution >= 4 is 11.3 Å². The lowest BCUT2D eigenvalue weighted by molar-refractivity contribution is 0.255. The molecule has 0 aromatic carbocycles. The van der Waals surface area contributed by atoms with Crippen LogP contribution in [0.3, 0.4) is 0 Å². The van der Waals surface area contributed by atoms with Gasteiger partial charge in [-0.1, -0.05) is 13.0 Å². The van der Waals surface area contributed by atoms with Crippen LogP contribution >= 0.6 is 11.3 Å². The molecule has 19 heavy (non-hydrogen) atoms. The Morgan fingerprint density at radius 3 is 2.79 bits per heavy atom. The lowest BCUT2D eigenvalue weighted by atomic mass is 10.2. The van der Waals surface area contributed by atoms with E-state index in [0.717, 1.165) is 13.0 Å². The van der Waals surface area contributed by atoms with Crippen molar-refractivity contribution in [3.63, 3.8) is 0 Å². The molecule has 2 aromatic rings. The molecule has 0 fully saturated rings. The van der Waals surface area contributed by atoms with Crippen LogP contribution < -0.4 is 0 Å². The van der Waals surface area contributed by atoms with Gasteiger partial charge in [-0.05, 0) is 38.9 Å². The van der Waals surface area contributed by atoms with Crippen LogP contribution in [0.25, 0.3) is 0 Å². The van der Waals surface area contributed by atoms with Crippen molar-refractivity contribution in [3.05, 3.63) is 45.7 Å². The van der Waals surface area contributed by atoms with Gasteiger partial charge in [0.25, 0.3) is 0 Å². The summed E-state index contributed by atoms with van der Waals surface area (Å²) in [4.78, 5) is 12.5. The van der Waals surface area contributed by atoms with Crippen LogP contribution in [0.5, 0.6) is 0 Å². The Morgan fingerprint density at radius 2 is 2.21 bits per heavy atom.